The van der Waals surface area contributed by atoms with Crippen LogP contribution in [0.1, 0.15) is 27.0 Å². The second kappa shape index (κ2) is 9.94. The van der Waals surface area contributed by atoms with Crippen LogP contribution in [0.5, 0.6) is 5.75 Å². The summed E-state index contributed by atoms with van der Waals surface area (Å²) in [5, 5.41) is 13.0. The van der Waals surface area contributed by atoms with Gasteiger partial charge >= 0.3 is 6.03 Å². The Kier molecular flexibility index (Phi) is 6.79. The highest BCUT2D eigenvalue weighted by atomic mass is 79.9. The first kappa shape index (κ1) is 23.9. The van der Waals surface area contributed by atoms with Gasteiger partial charge in [-0.25, -0.2) is 9.69 Å². The topological polar surface area (TPSA) is 116 Å². The van der Waals surface area contributed by atoms with Gasteiger partial charge in [-0.05, 0) is 65.6 Å². The second-order valence-corrected chi connectivity index (χ2v) is 8.59. The molecule has 4 rings (SSSR count). The average Bonchev–Trinajstić information content (AvgIpc) is 2.83. The van der Waals surface area contributed by atoms with Gasteiger partial charge in [0, 0.05) is 4.47 Å². The Bertz CT molecular complexity index is 1360. The van der Waals surface area contributed by atoms with Crippen LogP contribution in [0, 0.1) is 6.92 Å². The second-order valence-electron chi connectivity index (χ2n) is 7.73. The highest BCUT2D eigenvalue weighted by molar-refractivity contribution is 9.10. The molecule has 0 atom stereocenters. The minimum atomic E-state index is -1.24. The number of urea groups is 1. The van der Waals surface area contributed by atoms with Gasteiger partial charge < -0.3 is 14.6 Å². The first-order chi connectivity index (χ1) is 16.7. The van der Waals surface area contributed by atoms with E-state index in [9.17, 15) is 24.3 Å². The first-order valence-electron chi connectivity index (χ1n) is 10.4. The molecule has 1 heterocycles. The summed E-state index contributed by atoms with van der Waals surface area (Å²) in [5.41, 5.74) is 2.43. The summed E-state index contributed by atoms with van der Waals surface area (Å²) in [7, 11) is 0. The molecule has 1 fully saturated rings. The van der Waals surface area contributed by atoms with Gasteiger partial charge in [0.25, 0.3) is 11.8 Å². The van der Waals surface area contributed by atoms with Gasteiger partial charge in [-0.2, -0.15) is 0 Å². The monoisotopic (exact) mass is 533 g/mol. The maximum atomic E-state index is 13.0. The third kappa shape index (κ3) is 5.30. The number of carbonyl (C=O) groups excluding carboxylic acids is 4. The standard InChI is InChI=1S/C26H19BrN2O6/c1-15-12-19(8-11-22(15)27)29-24(31)21(23(30)28-26(29)34)13-16-4-9-20(10-5-16)35-14-17-2-6-18(7-3-17)25(32)33/h2-13H,14H2,1H3,(H,32,33)(H,28,30,34)/p-1/b21-13+. The molecule has 1 aliphatic heterocycles. The number of carbonyl (C=O) groups is 4. The molecule has 0 radical (unpaired) electrons. The molecule has 1 saturated heterocycles. The molecule has 0 aromatic heterocycles. The number of carboxylic acids is 1. The van der Waals surface area contributed by atoms with Crippen LogP contribution in [0.15, 0.2) is 76.8 Å². The lowest BCUT2D eigenvalue weighted by molar-refractivity contribution is -0.255. The van der Waals surface area contributed by atoms with Crippen molar-refractivity contribution < 1.29 is 29.0 Å². The van der Waals surface area contributed by atoms with Crippen LogP contribution >= 0.6 is 15.9 Å². The molecule has 0 aliphatic carbocycles. The van der Waals surface area contributed by atoms with Crippen molar-refractivity contribution in [2.75, 3.05) is 4.90 Å². The Balaban J connectivity index is 1.49. The zero-order chi connectivity index (χ0) is 25.1. The Morgan fingerprint density at radius 3 is 2.34 bits per heavy atom. The normalized spacial score (nSPS) is 14.7. The van der Waals surface area contributed by atoms with E-state index in [1.54, 1.807) is 54.6 Å². The number of anilines is 1. The van der Waals surface area contributed by atoms with Gasteiger partial charge in [0.2, 0.25) is 0 Å². The third-order valence-corrected chi connectivity index (χ3v) is 6.18. The van der Waals surface area contributed by atoms with Crippen molar-refractivity contribution in [1.29, 1.82) is 0 Å². The number of nitrogens with one attached hydrogen (secondary N) is 1. The largest absolute Gasteiger partial charge is 0.545 e. The van der Waals surface area contributed by atoms with E-state index in [4.69, 9.17) is 4.74 Å². The minimum absolute atomic E-state index is 0.0861. The Morgan fingerprint density at radius 2 is 1.71 bits per heavy atom. The van der Waals surface area contributed by atoms with Gasteiger partial charge in [0.15, 0.2) is 0 Å². The summed E-state index contributed by atoms with van der Waals surface area (Å²) in [5.74, 6) is -2.20. The van der Waals surface area contributed by atoms with E-state index < -0.39 is 23.8 Å². The van der Waals surface area contributed by atoms with E-state index in [-0.39, 0.29) is 17.7 Å². The van der Waals surface area contributed by atoms with E-state index in [1.807, 2.05) is 6.92 Å². The SMILES string of the molecule is Cc1cc(N2C(=O)NC(=O)/C(=C\c3ccc(OCc4ccc(C(=O)[O-])cc4)cc3)C2=O)ccc1Br. The number of benzene rings is 3. The van der Waals surface area contributed by atoms with Crippen LogP contribution in [0.2, 0.25) is 0 Å². The van der Waals surface area contributed by atoms with Crippen molar-refractivity contribution in [1.82, 2.24) is 5.32 Å². The number of aromatic carboxylic acids is 1. The number of aryl methyl sites for hydroxylation is 1. The van der Waals surface area contributed by atoms with Gasteiger partial charge in [-0.15, -0.1) is 0 Å². The summed E-state index contributed by atoms with van der Waals surface area (Å²) in [4.78, 5) is 49.6. The number of hydrogen-bond donors (Lipinski definition) is 1. The van der Waals surface area contributed by atoms with Crippen LogP contribution in [-0.2, 0) is 16.2 Å². The predicted molar refractivity (Wildman–Crippen MR) is 129 cm³/mol. The van der Waals surface area contributed by atoms with E-state index in [2.05, 4.69) is 21.2 Å². The molecule has 0 bridgehead atoms. The molecule has 176 valence electrons. The molecule has 0 spiro atoms. The van der Waals surface area contributed by atoms with Crippen LogP contribution in [-0.4, -0.2) is 23.8 Å². The number of halogens is 1. The fourth-order valence-electron chi connectivity index (χ4n) is 3.39. The van der Waals surface area contributed by atoms with Gasteiger partial charge in [-0.3, -0.25) is 14.9 Å². The van der Waals surface area contributed by atoms with Gasteiger partial charge in [0.05, 0.1) is 11.7 Å². The fourth-order valence-corrected chi connectivity index (χ4v) is 3.64. The number of imide groups is 2. The van der Waals surface area contributed by atoms with Crippen LogP contribution < -0.4 is 20.1 Å². The van der Waals surface area contributed by atoms with Gasteiger partial charge in [0.1, 0.15) is 17.9 Å². The zero-order valence-corrected chi connectivity index (χ0v) is 20.0. The summed E-state index contributed by atoms with van der Waals surface area (Å²) in [6.45, 7) is 2.05. The lowest BCUT2D eigenvalue weighted by atomic mass is 10.1. The Morgan fingerprint density at radius 1 is 1.03 bits per heavy atom. The fraction of sp³-hybridized carbons (Fsp3) is 0.0769. The molecule has 4 amide bonds. The molecule has 35 heavy (non-hydrogen) atoms. The third-order valence-electron chi connectivity index (χ3n) is 5.29. The quantitative estimate of drug-likeness (QED) is 0.383. The molecular weight excluding hydrogens is 516 g/mol. The summed E-state index contributed by atoms with van der Waals surface area (Å²) < 4.78 is 6.53. The molecular formula is C26H18BrN2O6-. The molecule has 8 nitrogen and oxygen atoms in total. The summed E-state index contributed by atoms with van der Waals surface area (Å²) in [6.07, 6.45) is 1.41. The summed E-state index contributed by atoms with van der Waals surface area (Å²) >= 11 is 3.38. The molecule has 1 N–H and O–H groups in total. The lowest BCUT2D eigenvalue weighted by Gasteiger charge is -2.26. The van der Waals surface area contributed by atoms with Crippen molar-refractivity contribution in [3.63, 3.8) is 0 Å². The van der Waals surface area contributed by atoms with Crippen LogP contribution in [0.3, 0.4) is 0 Å². The highest BCUT2D eigenvalue weighted by Crippen LogP contribution is 2.26. The molecule has 3 aromatic carbocycles. The van der Waals surface area contributed by atoms with Crippen molar-refractivity contribution in [2.45, 2.75) is 13.5 Å². The van der Waals surface area contributed by atoms with E-state index in [0.717, 1.165) is 20.5 Å². The minimum Gasteiger partial charge on any atom is -0.545 e. The number of rotatable bonds is 6. The van der Waals surface area contributed by atoms with Gasteiger partial charge in [-0.1, -0.05) is 52.3 Å². The van der Waals surface area contributed by atoms with E-state index in [1.165, 1.54) is 18.2 Å². The maximum Gasteiger partial charge on any atom is 0.335 e. The molecule has 1 aliphatic rings. The number of nitrogens with zero attached hydrogens (tertiary/aromatic N) is 1. The maximum absolute atomic E-state index is 13.0. The zero-order valence-electron chi connectivity index (χ0n) is 18.4. The number of amides is 4. The van der Waals surface area contributed by atoms with Crippen molar-refractivity contribution in [3.8, 4) is 5.75 Å². The highest BCUT2D eigenvalue weighted by Gasteiger charge is 2.36. The van der Waals surface area contributed by atoms with Crippen LogP contribution in [0.25, 0.3) is 6.08 Å². The Labute approximate surface area is 209 Å². The molecule has 3 aromatic rings. The smallest absolute Gasteiger partial charge is 0.335 e. The van der Waals surface area contributed by atoms with Crippen molar-refractivity contribution in [3.05, 3.63) is 99.0 Å². The summed E-state index contributed by atoms with van der Waals surface area (Å²) in [6, 6.07) is 17.1. The predicted octanol–water partition coefficient (Wildman–Crippen LogP) is 3.37. The average molecular weight is 534 g/mol. The van der Waals surface area contributed by atoms with Crippen molar-refractivity contribution in [2.24, 2.45) is 0 Å². The number of ether oxygens (including phenoxy) is 1. The molecule has 0 saturated carbocycles. The van der Waals surface area contributed by atoms with E-state index in [0.29, 0.717) is 17.0 Å². The number of hydrogen-bond acceptors (Lipinski definition) is 6. The Hall–Kier alpha value is -4.24. The molecule has 0 unspecified atom stereocenters. The number of barbiturate groups is 1. The first-order valence-corrected chi connectivity index (χ1v) is 11.2. The number of carboxylic acid groups (broad SMARTS) is 1. The molecule has 9 heteroatoms. The van der Waals surface area contributed by atoms with E-state index >= 15 is 0 Å². The van der Waals surface area contributed by atoms with Crippen molar-refractivity contribution >= 4 is 51.5 Å². The lowest BCUT2D eigenvalue weighted by Crippen LogP contribution is -2.54. The van der Waals surface area contributed by atoms with Crippen LogP contribution in [0.4, 0.5) is 10.5 Å².